The predicted molar refractivity (Wildman–Crippen MR) is 99.1 cm³/mol. The third-order valence-electron chi connectivity index (χ3n) is 6.10. The van der Waals surface area contributed by atoms with Crippen molar-refractivity contribution in [3.05, 3.63) is 21.4 Å². The topological polar surface area (TPSA) is 61.4 Å². The third-order valence-corrected chi connectivity index (χ3v) is 7.13. The van der Waals surface area contributed by atoms with E-state index in [0.717, 1.165) is 57.2 Å². The lowest BCUT2D eigenvalue weighted by Crippen LogP contribution is -2.44. The van der Waals surface area contributed by atoms with E-state index in [1.54, 1.807) is 11.3 Å². The molecule has 0 radical (unpaired) electrons. The van der Waals surface area contributed by atoms with Crippen molar-refractivity contribution in [2.24, 2.45) is 5.41 Å². The monoisotopic (exact) mass is 361 g/mol. The van der Waals surface area contributed by atoms with Crippen LogP contribution in [0.4, 0.5) is 4.79 Å². The Hall–Kier alpha value is -1.56. The number of hydrogen-bond donors (Lipinski definition) is 2. The number of carbonyl (C=O) groups excluding carboxylic acids is 2. The van der Waals surface area contributed by atoms with Crippen molar-refractivity contribution < 1.29 is 9.59 Å². The van der Waals surface area contributed by atoms with Crippen LogP contribution in [-0.2, 0) is 12.8 Å². The van der Waals surface area contributed by atoms with Gasteiger partial charge in [-0.3, -0.25) is 4.79 Å². The molecule has 2 N–H and O–H groups in total. The van der Waals surface area contributed by atoms with Gasteiger partial charge in [0.15, 0.2) is 0 Å². The van der Waals surface area contributed by atoms with Gasteiger partial charge in [0.1, 0.15) is 0 Å². The normalized spacial score (nSPS) is 28.2. The lowest BCUT2D eigenvalue weighted by atomic mass is 9.77. The number of fused-ring (bicyclic) bond motifs is 1. The highest BCUT2D eigenvalue weighted by atomic mass is 32.1. The predicted octanol–water partition coefficient (Wildman–Crippen LogP) is 2.94. The number of amides is 3. The smallest absolute Gasteiger partial charge is 0.315 e. The van der Waals surface area contributed by atoms with Gasteiger partial charge < -0.3 is 15.5 Å². The van der Waals surface area contributed by atoms with Gasteiger partial charge in [0.25, 0.3) is 5.91 Å². The summed E-state index contributed by atoms with van der Waals surface area (Å²) in [5, 5.41) is 8.03. The molecule has 1 spiro atoms. The highest BCUT2D eigenvalue weighted by Crippen LogP contribution is 2.39. The summed E-state index contributed by atoms with van der Waals surface area (Å²) >= 11 is 1.76. The SMILES string of the molecule is CC1(C)CCc2c(C(=O)N3CCCC4(CC3)CNC(=O)N4)csc2C1. The average molecular weight is 362 g/mol. The van der Waals surface area contributed by atoms with Gasteiger partial charge in [0.05, 0.1) is 11.1 Å². The molecule has 1 unspecified atom stereocenters. The maximum Gasteiger partial charge on any atom is 0.315 e. The summed E-state index contributed by atoms with van der Waals surface area (Å²) in [7, 11) is 0. The van der Waals surface area contributed by atoms with Crippen LogP contribution in [0.25, 0.3) is 0 Å². The van der Waals surface area contributed by atoms with E-state index >= 15 is 0 Å². The van der Waals surface area contributed by atoms with Crippen LogP contribution in [0, 0.1) is 5.41 Å². The number of nitrogens with zero attached hydrogens (tertiary/aromatic N) is 1. The third kappa shape index (κ3) is 3.16. The molecule has 4 rings (SSSR count). The van der Waals surface area contributed by atoms with Gasteiger partial charge in [-0.2, -0.15) is 0 Å². The van der Waals surface area contributed by atoms with Gasteiger partial charge in [-0.05, 0) is 49.5 Å². The van der Waals surface area contributed by atoms with Gasteiger partial charge in [-0.25, -0.2) is 4.79 Å². The molecule has 0 bridgehead atoms. The molecule has 3 aliphatic rings. The Balaban J connectivity index is 1.49. The van der Waals surface area contributed by atoms with Crippen LogP contribution < -0.4 is 10.6 Å². The van der Waals surface area contributed by atoms with Crippen molar-refractivity contribution in [3.63, 3.8) is 0 Å². The van der Waals surface area contributed by atoms with E-state index in [4.69, 9.17) is 0 Å². The maximum atomic E-state index is 13.1. The zero-order chi connectivity index (χ0) is 17.7. The zero-order valence-electron chi connectivity index (χ0n) is 15.1. The summed E-state index contributed by atoms with van der Waals surface area (Å²) in [6.45, 7) is 6.81. The number of thiophene rings is 1. The van der Waals surface area contributed by atoms with Crippen LogP contribution in [0.1, 0.15) is 60.3 Å². The second-order valence-electron chi connectivity index (χ2n) is 8.63. The average Bonchev–Trinajstić information content (AvgIpc) is 3.05. The Kier molecular flexibility index (Phi) is 4.06. The molecule has 3 amide bonds. The van der Waals surface area contributed by atoms with Crippen LogP contribution in [0.3, 0.4) is 0 Å². The first-order chi connectivity index (χ1) is 11.9. The van der Waals surface area contributed by atoms with E-state index in [0.29, 0.717) is 12.0 Å². The zero-order valence-corrected chi connectivity index (χ0v) is 15.9. The summed E-state index contributed by atoms with van der Waals surface area (Å²) in [6, 6.07) is -0.0747. The standard InChI is InChI=1S/C19H27N3O2S/c1-18(2)6-4-13-14(11-25-15(13)10-18)16(23)22-8-3-5-19(7-9-22)12-20-17(24)21-19/h11H,3-10,12H2,1-2H3,(H2,20,21,24). The number of rotatable bonds is 1. The second-order valence-corrected chi connectivity index (χ2v) is 9.59. The molecule has 1 aromatic rings. The van der Waals surface area contributed by atoms with Crippen molar-refractivity contribution in [1.29, 1.82) is 0 Å². The van der Waals surface area contributed by atoms with Crippen LogP contribution in [0.15, 0.2) is 5.38 Å². The van der Waals surface area contributed by atoms with Gasteiger partial charge in [0, 0.05) is 29.9 Å². The molecule has 25 heavy (non-hydrogen) atoms. The molecule has 0 saturated carbocycles. The summed E-state index contributed by atoms with van der Waals surface area (Å²) < 4.78 is 0. The molecule has 2 fully saturated rings. The summed E-state index contributed by atoms with van der Waals surface area (Å²) in [5.41, 5.74) is 2.41. The number of carbonyl (C=O) groups is 2. The van der Waals surface area contributed by atoms with Crippen LogP contribution in [0.5, 0.6) is 0 Å². The fourth-order valence-corrected chi connectivity index (χ4v) is 5.79. The van der Waals surface area contributed by atoms with Gasteiger partial charge >= 0.3 is 6.03 Å². The van der Waals surface area contributed by atoms with Crippen LogP contribution in [0.2, 0.25) is 0 Å². The molecule has 6 heteroatoms. The van der Waals surface area contributed by atoms with E-state index in [1.165, 1.54) is 10.4 Å². The first-order valence-corrected chi connectivity index (χ1v) is 10.2. The molecule has 136 valence electrons. The summed E-state index contributed by atoms with van der Waals surface area (Å²) in [5.74, 6) is 0.187. The van der Waals surface area contributed by atoms with Crippen molar-refractivity contribution in [1.82, 2.24) is 15.5 Å². The first-order valence-electron chi connectivity index (χ1n) is 9.32. The first kappa shape index (κ1) is 16.9. The Morgan fingerprint density at radius 2 is 2.08 bits per heavy atom. The van der Waals surface area contributed by atoms with Crippen LogP contribution in [-0.4, -0.2) is 42.0 Å². The fraction of sp³-hybridized carbons (Fsp3) is 0.684. The molecular formula is C19H27N3O2S. The fourth-order valence-electron chi connectivity index (χ4n) is 4.46. The van der Waals surface area contributed by atoms with Gasteiger partial charge in [-0.1, -0.05) is 13.8 Å². The molecule has 5 nitrogen and oxygen atoms in total. The minimum atomic E-state index is -0.162. The minimum absolute atomic E-state index is 0.0747. The molecule has 2 aliphatic heterocycles. The van der Waals surface area contributed by atoms with Crippen molar-refractivity contribution in [2.45, 2.75) is 57.9 Å². The number of urea groups is 1. The molecule has 2 saturated heterocycles. The van der Waals surface area contributed by atoms with Gasteiger partial charge in [0.2, 0.25) is 0 Å². The number of nitrogens with one attached hydrogen (secondary N) is 2. The van der Waals surface area contributed by atoms with Crippen molar-refractivity contribution in [2.75, 3.05) is 19.6 Å². The molecule has 1 aliphatic carbocycles. The molecule has 3 heterocycles. The second kappa shape index (κ2) is 6.01. The number of likely N-dealkylation sites (tertiary alicyclic amines) is 1. The molecular weight excluding hydrogens is 334 g/mol. The minimum Gasteiger partial charge on any atom is -0.339 e. The largest absolute Gasteiger partial charge is 0.339 e. The van der Waals surface area contributed by atoms with Crippen molar-refractivity contribution >= 4 is 23.3 Å². The Morgan fingerprint density at radius 1 is 1.24 bits per heavy atom. The van der Waals surface area contributed by atoms with E-state index < -0.39 is 0 Å². The lowest BCUT2D eigenvalue weighted by Gasteiger charge is -2.30. The van der Waals surface area contributed by atoms with E-state index in [-0.39, 0.29) is 17.5 Å². The number of hydrogen-bond acceptors (Lipinski definition) is 3. The Bertz CT molecular complexity index is 712. The van der Waals surface area contributed by atoms with E-state index in [2.05, 4.69) is 29.9 Å². The van der Waals surface area contributed by atoms with Crippen LogP contribution >= 0.6 is 11.3 Å². The Labute approximate surface area is 153 Å². The molecule has 1 aromatic heterocycles. The highest BCUT2D eigenvalue weighted by Gasteiger charge is 2.40. The van der Waals surface area contributed by atoms with E-state index in [1.807, 2.05) is 4.90 Å². The van der Waals surface area contributed by atoms with Gasteiger partial charge in [-0.15, -0.1) is 11.3 Å². The highest BCUT2D eigenvalue weighted by molar-refractivity contribution is 7.10. The van der Waals surface area contributed by atoms with E-state index in [9.17, 15) is 9.59 Å². The summed E-state index contributed by atoms with van der Waals surface area (Å²) in [6.07, 6.45) is 5.96. The quantitative estimate of drug-likeness (QED) is 0.808. The molecule has 1 atom stereocenters. The maximum absolute atomic E-state index is 13.1. The summed E-state index contributed by atoms with van der Waals surface area (Å²) in [4.78, 5) is 28.1. The van der Waals surface area contributed by atoms with Crippen molar-refractivity contribution in [3.8, 4) is 0 Å². The Morgan fingerprint density at radius 3 is 2.84 bits per heavy atom. The lowest BCUT2D eigenvalue weighted by molar-refractivity contribution is 0.0758. The molecule has 0 aromatic carbocycles.